The molecule has 10 rings (SSSR count). The average molecular weight is 657 g/mol. The van der Waals surface area contributed by atoms with Crippen molar-refractivity contribution in [1.82, 2.24) is 0 Å². The highest BCUT2D eigenvalue weighted by Crippen LogP contribution is 2.62. The summed E-state index contributed by atoms with van der Waals surface area (Å²) in [6, 6.07) is 68.7. The molecule has 0 amide bonds. The van der Waals surface area contributed by atoms with Crippen LogP contribution in [0, 0.1) is 0 Å². The first kappa shape index (κ1) is 28.9. The van der Waals surface area contributed by atoms with Crippen LogP contribution in [0.4, 0.5) is 28.4 Å². The van der Waals surface area contributed by atoms with Gasteiger partial charge in [-0.25, -0.2) is 0 Å². The van der Waals surface area contributed by atoms with Gasteiger partial charge in [0.1, 0.15) is 0 Å². The van der Waals surface area contributed by atoms with Crippen LogP contribution in [0.5, 0.6) is 0 Å². The largest absolute Gasteiger partial charge is 0.354 e. The third-order valence-electron chi connectivity index (χ3n) is 10.3. The predicted octanol–water partition coefficient (Wildman–Crippen LogP) is 12.9. The molecule has 0 saturated carbocycles. The van der Waals surface area contributed by atoms with Crippen molar-refractivity contribution in [3.05, 3.63) is 210 Å². The van der Waals surface area contributed by atoms with Crippen molar-refractivity contribution < 1.29 is 0 Å². The first-order valence-corrected chi connectivity index (χ1v) is 17.9. The number of fused-ring (bicyclic) bond motifs is 2. The minimum absolute atomic E-state index is 0.595. The molecule has 0 radical (unpaired) electrons. The van der Waals surface area contributed by atoms with Crippen LogP contribution in [0.25, 0.3) is 21.9 Å². The van der Waals surface area contributed by atoms with Crippen molar-refractivity contribution in [3.8, 4) is 11.1 Å². The molecular formula is C47H32N2S. The van der Waals surface area contributed by atoms with Crippen molar-refractivity contribution in [1.29, 1.82) is 0 Å². The number of benzene rings is 8. The number of nitrogens with one attached hydrogen (secondary N) is 1. The van der Waals surface area contributed by atoms with E-state index in [2.05, 4.69) is 198 Å². The number of hydrogen-bond donors (Lipinski definition) is 1. The highest BCUT2D eigenvalue weighted by molar-refractivity contribution is 8.00. The van der Waals surface area contributed by atoms with Gasteiger partial charge in [-0.05, 0) is 70.3 Å². The fraction of sp³-hybridized carbons (Fsp3) is 0.0213. The topological polar surface area (TPSA) is 15.3 Å². The van der Waals surface area contributed by atoms with E-state index in [0.717, 1.165) is 28.4 Å². The van der Waals surface area contributed by atoms with E-state index in [1.807, 2.05) is 11.8 Å². The second kappa shape index (κ2) is 11.5. The molecule has 3 heteroatoms. The van der Waals surface area contributed by atoms with E-state index in [9.17, 15) is 0 Å². The standard InChI is InChI=1S/C47H32N2S/c1-5-17-32(18-6-1)47(33-19-7-2-8-20-33)39-28-16-30-42-45(39)50-46-40(47)31-43(49(34-21-9-3-10-22-34)35-23-11-4-12-24-35)38-27-15-26-37(44(38)46)36-25-13-14-29-41(36)48-42/h1-31,48H. The molecule has 2 bridgehead atoms. The van der Waals surface area contributed by atoms with Crippen LogP contribution >= 0.6 is 11.8 Å². The minimum Gasteiger partial charge on any atom is -0.354 e. The van der Waals surface area contributed by atoms with Crippen molar-refractivity contribution >= 4 is 51.0 Å². The normalized spacial score (nSPS) is 13.4. The van der Waals surface area contributed by atoms with Crippen molar-refractivity contribution in [2.45, 2.75) is 15.2 Å². The molecule has 8 aromatic rings. The Balaban J connectivity index is 1.46. The number of anilines is 5. The van der Waals surface area contributed by atoms with Gasteiger partial charge in [-0.2, -0.15) is 0 Å². The van der Waals surface area contributed by atoms with Crippen molar-refractivity contribution in [3.63, 3.8) is 0 Å². The Morgan fingerprint density at radius 1 is 0.440 bits per heavy atom. The zero-order valence-electron chi connectivity index (χ0n) is 27.3. The third-order valence-corrected chi connectivity index (χ3v) is 11.6. The van der Waals surface area contributed by atoms with E-state index in [-0.39, 0.29) is 0 Å². The van der Waals surface area contributed by atoms with Gasteiger partial charge in [0.25, 0.3) is 0 Å². The second-order valence-corrected chi connectivity index (χ2v) is 14.0. The molecule has 2 aliphatic rings. The van der Waals surface area contributed by atoms with Gasteiger partial charge in [0.05, 0.1) is 16.8 Å². The van der Waals surface area contributed by atoms with Gasteiger partial charge in [-0.3, -0.25) is 0 Å². The Labute approximate surface area is 296 Å². The van der Waals surface area contributed by atoms with Crippen LogP contribution < -0.4 is 10.2 Å². The van der Waals surface area contributed by atoms with Crippen LogP contribution in [0.15, 0.2) is 198 Å². The molecule has 0 aromatic heterocycles. The summed E-state index contributed by atoms with van der Waals surface area (Å²) < 4.78 is 0. The first-order chi connectivity index (χ1) is 24.8. The average Bonchev–Trinajstić information content (AvgIpc) is 3.24. The Kier molecular flexibility index (Phi) is 6.68. The lowest BCUT2D eigenvalue weighted by molar-refractivity contribution is 0.707. The lowest BCUT2D eigenvalue weighted by atomic mass is 9.64. The maximum atomic E-state index is 3.93. The predicted molar refractivity (Wildman–Crippen MR) is 210 cm³/mol. The molecule has 236 valence electrons. The maximum Gasteiger partial charge on any atom is 0.0725 e. The van der Waals surface area contributed by atoms with Crippen LogP contribution in [0.2, 0.25) is 0 Å². The quantitative estimate of drug-likeness (QED) is 0.198. The Morgan fingerprint density at radius 2 is 0.980 bits per heavy atom. The van der Waals surface area contributed by atoms with E-state index < -0.39 is 5.41 Å². The van der Waals surface area contributed by atoms with Gasteiger partial charge >= 0.3 is 0 Å². The molecule has 8 aromatic carbocycles. The maximum absolute atomic E-state index is 3.93. The van der Waals surface area contributed by atoms with Crippen molar-refractivity contribution in [2.24, 2.45) is 0 Å². The van der Waals surface area contributed by atoms with Gasteiger partial charge in [-0.1, -0.05) is 157 Å². The van der Waals surface area contributed by atoms with Gasteiger partial charge in [0, 0.05) is 43.2 Å². The molecule has 50 heavy (non-hydrogen) atoms. The zero-order valence-corrected chi connectivity index (χ0v) is 28.1. The summed E-state index contributed by atoms with van der Waals surface area (Å²) in [5, 5.41) is 6.42. The van der Waals surface area contributed by atoms with Crippen molar-refractivity contribution in [2.75, 3.05) is 10.2 Å². The monoisotopic (exact) mass is 656 g/mol. The highest BCUT2D eigenvalue weighted by atomic mass is 32.2. The number of nitrogens with zero attached hydrogens (tertiary/aromatic N) is 1. The second-order valence-electron chi connectivity index (χ2n) is 12.9. The molecule has 2 nitrogen and oxygen atoms in total. The molecule has 0 fully saturated rings. The van der Waals surface area contributed by atoms with E-state index >= 15 is 0 Å². The fourth-order valence-electron chi connectivity index (χ4n) is 8.23. The molecule has 0 unspecified atom stereocenters. The number of para-hydroxylation sites is 3. The summed E-state index contributed by atoms with van der Waals surface area (Å²) >= 11 is 1.91. The van der Waals surface area contributed by atoms with Gasteiger partial charge in [0.2, 0.25) is 0 Å². The highest BCUT2D eigenvalue weighted by Gasteiger charge is 2.46. The minimum atomic E-state index is -0.595. The third kappa shape index (κ3) is 4.24. The van der Waals surface area contributed by atoms with Crippen LogP contribution in [0.1, 0.15) is 22.3 Å². The molecule has 0 spiro atoms. The molecule has 0 aliphatic carbocycles. The van der Waals surface area contributed by atoms with Gasteiger partial charge in [0.15, 0.2) is 0 Å². The van der Waals surface area contributed by atoms with Gasteiger partial charge < -0.3 is 10.2 Å². The summed E-state index contributed by atoms with van der Waals surface area (Å²) in [7, 11) is 0. The summed E-state index contributed by atoms with van der Waals surface area (Å²) in [6.07, 6.45) is 0. The molecular weight excluding hydrogens is 625 g/mol. The molecule has 2 heterocycles. The lowest BCUT2D eigenvalue weighted by Crippen LogP contribution is -2.34. The number of hydrogen-bond acceptors (Lipinski definition) is 3. The number of rotatable bonds is 5. The van der Waals surface area contributed by atoms with E-state index in [1.165, 1.54) is 53.9 Å². The van der Waals surface area contributed by atoms with Crippen LogP contribution in [-0.4, -0.2) is 0 Å². The Morgan fingerprint density at radius 3 is 1.64 bits per heavy atom. The molecule has 2 aliphatic heterocycles. The SMILES string of the molecule is c1ccc(N(c2ccccc2)c2cc3c4c5c(cccc25)-c2ccccc2Nc2cccc(c2S4)C3(c2ccccc2)c2ccccc2)cc1. The summed E-state index contributed by atoms with van der Waals surface area (Å²) in [5.74, 6) is 0. The summed E-state index contributed by atoms with van der Waals surface area (Å²) in [6.45, 7) is 0. The van der Waals surface area contributed by atoms with E-state index in [4.69, 9.17) is 0 Å². The van der Waals surface area contributed by atoms with Crippen LogP contribution in [0.3, 0.4) is 0 Å². The Hall–Kier alpha value is -6.03. The summed E-state index contributed by atoms with van der Waals surface area (Å²) in [5.41, 5.74) is 12.5. The molecule has 0 atom stereocenters. The summed E-state index contributed by atoms with van der Waals surface area (Å²) in [4.78, 5) is 5.00. The van der Waals surface area contributed by atoms with E-state index in [1.54, 1.807) is 0 Å². The first-order valence-electron chi connectivity index (χ1n) is 17.1. The fourth-order valence-corrected chi connectivity index (χ4v) is 9.63. The zero-order chi connectivity index (χ0) is 33.1. The molecule has 0 saturated heterocycles. The smallest absolute Gasteiger partial charge is 0.0725 e. The molecule has 1 N–H and O–H groups in total. The lowest BCUT2D eigenvalue weighted by Gasteiger charge is -2.43. The Bertz CT molecular complexity index is 2450. The van der Waals surface area contributed by atoms with Crippen LogP contribution in [-0.2, 0) is 5.41 Å². The van der Waals surface area contributed by atoms with E-state index in [0.29, 0.717) is 0 Å². The van der Waals surface area contributed by atoms with Gasteiger partial charge in [-0.15, -0.1) is 0 Å².